The Morgan fingerprint density at radius 3 is 2.29 bits per heavy atom. The second-order valence-corrected chi connectivity index (χ2v) is 5.22. The molecule has 0 saturated carbocycles. The molecule has 0 aromatic heterocycles. The third kappa shape index (κ3) is 4.64. The molecule has 96 valence electrons. The molecule has 2 unspecified atom stereocenters. The molecule has 2 atom stereocenters. The lowest BCUT2D eigenvalue weighted by Crippen LogP contribution is -2.35. The topological polar surface area (TPSA) is 12.0 Å². The van der Waals surface area contributed by atoms with Crippen LogP contribution >= 0.6 is 11.8 Å². The van der Waals surface area contributed by atoms with Crippen molar-refractivity contribution in [2.45, 2.75) is 19.4 Å². The zero-order chi connectivity index (χ0) is 12.8. The number of rotatable bonds is 6. The van der Waals surface area contributed by atoms with Gasteiger partial charge in [0.15, 0.2) is 0 Å². The summed E-state index contributed by atoms with van der Waals surface area (Å²) in [5, 5.41) is 3.22. The van der Waals surface area contributed by atoms with Gasteiger partial charge in [0.25, 0.3) is 0 Å². The summed E-state index contributed by atoms with van der Waals surface area (Å²) in [6, 6.07) is 3.95. The van der Waals surface area contributed by atoms with Crippen molar-refractivity contribution in [3.8, 4) is 0 Å². The van der Waals surface area contributed by atoms with Crippen LogP contribution in [0.2, 0.25) is 0 Å². The van der Waals surface area contributed by atoms with Gasteiger partial charge in [-0.15, -0.1) is 0 Å². The molecular formula is C13H19F2NS. The average Bonchev–Trinajstić information content (AvgIpc) is 2.24. The third-order valence-corrected chi connectivity index (χ3v) is 3.72. The minimum atomic E-state index is -0.507. The van der Waals surface area contributed by atoms with Crippen molar-refractivity contribution in [1.82, 2.24) is 5.32 Å². The van der Waals surface area contributed by atoms with Crippen molar-refractivity contribution in [3.63, 3.8) is 0 Å². The normalized spacial score (nSPS) is 14.6. The largest absolute Gasteiger partial charge is 0.316 e. The molecule has 0 aliphatic carbocycles. The molecule has 0 amide bonds. The second kappa shape index (κ2) is 6.97. The van der Waals surface area contributed by atoms with Crippen LogP contribution in [0.15, 0.2) is 18.2 Å². The first-order valence-corrected chi connectivity index (χ1v) is 7.07. The monoisotopic (exact) mass is 259 g/mol. The highest BCUT2D eigenvalue weighted by Crippen LogP contribution is 2.16. The minimum absolute atomic E-state index is 0.239. The fourth-order valence-corrected chi connectivity index (χ4v) is 2.71. The Balaban J connectivity index is 2.73. The molecule has 0 radical (unpaired) electrons. The first-order chi connectivity index (χ1) is 8.06. The lowest BCUT2D eigenvalue weighted by atomic mass is 9.96. The Morgan fingerprint density at radius 1 is 1.24 bits per heavy atom. The zero-order valence-corrected chi connectivity index (χ0v) is 11.3. The van der Waals surface area contributed by atoms with Crippen LogP contribution in [0.25, 0.3) is 0 Å². The molecule has 0 spiro atoms. The maximum Gasteiger partial charge on any atom is 0.126 e. The van der Waals surface area contributed by atoms with Crippen molar-refractivity contribution >= 4 is 11.8 Å². The SMILES string of the molecule is CNC(Cc1cc(F)cc(F)c1)C(C)CSC. The lowest BCUT2D eigenvalue weighted by molar-refractivity contribution is 0.429. The molecule has 1 aromatic rings. The predicted octanol–water partition coefficient (Wildman–Crippen LogP) is 3.09. The number of hydrogen-bond acceptors (Lipinski definition) is 2. The Morgan fingerprint density at radius 2 is 1.82 bits per heavy atom. The predicted molar refractivity (Wildman–Crippen MR) is 70.5 cm³/mol. The summed E-state index contributed by atoms with van der Waals surface area (Å²) in [6.45, 7) is 2.15. The van der Waals surface area contributed by atoms with E-state index in [-0.39, 0.29) is 6.04 Å². The van der Waals surface area contributed by atoms with Crippen LogP contribution in [0, 0.1) is 17.6 Å². The van der Waals surface area contributed by atoms with E-state index in [1.807, 2.05) is 7.05 Å². The summed E-state index contributed by atoms with van der Waals surface area (Å²) < 4.78 is 26.1. The van der Waals surface area contributed by atoms with Gasteiger partial charge in [0, 0.05) is 12.1 Å². The van der Waals surface area contributed by atoms with Crippen LogP contribution in [0.4, 0.5) is 8.78 Å². The fraction of sp³-hybridized carbons (Fsp3) is 0.538. The highest BCUT2D eigenvalue weighted by atomic mass is 32.2. The van der Waals surface area contributed by atoms with E-state index in [1.54, 1.807) is 11.8 Å². The van der Waals surface area contributed by atoms with E-state index in [1.165, 1.54) is 12.1 Å². The van der Waals surface area contributed by atoms with E-state index in [2.05, 4.69) is 18.5 Å². The van der Waals surface area contributed by atoms with E-state index in [4.69, 9.17) is 0 Å². The first-order valence-electron chi connectivity index (χ1n) is 5.68. The molecule has 0 aliphatic rings. The van der Waals surface area contributed by atoms with E-state index >= 15 is 0 Å². The van der Waals surface area contributed by atoms with Gasteiger partial charge < -0.3 is 5.32 Å². The van der Waals surface area contributed by atoms with E-state index in [0.29, 0.717) is 17.9 Å². The summed E-state index contributed by atoms with van der Waals surface area (Å²) in [5.74, 6) is 0.476. The number of thioether (sulfide) groups is 1. The molecule has 1 rings (SSSR count). The highest BCUT2D eigenvalue weighted by Gasteiger charge is 2.16. The standard InChI is InChI=1S/C13H19F2NS/c1-9(8-17-3)13(16-2)6-10-4-11(14)7-12(15)5-10/h4-5,7,9,13,16H,6,8H2,1-3H3. The van der Waals surface area contributed by atoms with Gasteiger partial charge in [0.05, 0.1) is 0 Å². The molecule has 17 heavy (non-hydrogen) atoms. The maximum atomic E-state index is 13.1. The molecule has 1 N–H and O–H groups in total. The van der Waals surface area contributed by atoms with Gasteiger partial charge in [-0.05, 0) is 49.1 Å². The van der Waals surface area contributed by atoms with E-state index < -0.39 is 11.6 Å². The molecular weight excluding hydrogens is 240 g/mol. The maximum absolute atomic E-state index is 13.1. The number of nitrogens with one attached hydrogen (secondary N) is 1. The van der Waals surface area contributed by atoms with Crippen molar-refractivity contribution in [2.24, 2.45) is 5.92 Å². The first kappa shape index (κ1) is 14.5. The van der Waals surface area contributed by atoms with E-state index in [9.17, 15) is 8.78 Å². The van der Waals surface area contributed by atoms with Gasteiger partial charge in [0.2, 0.25) is 0 Å². The molecule has 0 heterocycles. The Kier molecular flexibility index (Phi) is 5.92. The lowest BCUT2D eigenvalue weighted by Gasteiger charge is -2.23. The van der Waals surface area contributed by atoms with Gasteiger partial charge in [0.1, 0.15) is 11.6 Å². The molecule has 0 aliphatic heterocycles. The van der Waals surface area contributed by atoms with Crippen molar-refractivity contribution in [2.75, 3.05) is 19.1 Å². The number of likely N-dealkylation sites (N-methyl/N-ethyl adjacent to an activating group) is 1. The fourth-order valence-electron chi connectivity index (χ4n) is 1.95. The van der Waals surface area contributed by atoms with Gasteiger partial charge in [-0.1, -0.05) is 6.92 Å². The second-order valence-electron chi connectivity index (χ2n) is 4.31. The Bertz CT molecular complexity index is 337. The van der Waals surface area contributed by atoms with Crippen LogP contribution in [0.5, 0.6) is 0 Å². The van der Waals surface area contributed by atoms with Gasteiger partial charge in [-0.3, -0.25) is 0 Å². The molecule has 1 nitrogen and oxygen atoms in total. The quantitative estimate of drug-likeness (QED) is 0.842. The highest BCUT2D eigenvalue weighted by molar-refractivity contribution is 7.98. The third-order valence-electron chi connectivity index (χ3n) is 2.87. The summed E-state index contributed by atoms with van der Waals surface area (Å²) in [6.07, 6.45) is 2.71. The van der Waals surface area contributed by atoms with Crippen LogP contribution < -0.4 is 5.32 Å². The van der Waals surface area contributed by atoms with Crippen LogP contribution in [-0.4, -0.2) is 25.1 Å². The van der Waals surface area contributed by atoms with E-state index in [0.717, 1.165) is 11.8 Å². The van der Waals surface area contributed by atoms with Gasteiger partial charge >= 0.3 is 0 Å². The summed E-state index contributed by atoms with van der Waals surface area (Å²) in [4.78, 5) is 0. The van der Waals surface area contributed by atoms with Crippen molar-refractivity contribution in [1.29, 1.82) is 0 Å². The van der Waals surface area contributed by atoms with Gasteiger partial charge in [-0.2, -0.15) is 11.8 Å². The van der Waals surface area contributed by atoms with Crippen molar-refractivity contribution in [3.05, 3.63) is 35.4 Å². The van der Waals surface area contributed by atoms with Crippen molar-refractivity contribution < 1.29 is 8.78 Å². The van der Waals surface area contributed by atoms with Gasteiger partial charge in [-0.25, -0.2) is 8.78 Å². The Labute approximate surface area is 106 Å². The summed E-state index contributed by atoms with van der Waals surface area (Å²) in [7, 11) is 1.89. The zero-order valence-electron chi connectivity index (χ0n) is 10.5. The molecule has 4 heteroatoms. The van der Waals surface area contributed by atoms with Crippen LogP contribution in [0.3, 0.4) is 0 Å². The smallest absolute Gasteiger partial charge is 0.126 e. The summed E-state index contributed by atoms with van der Waals surface area (Å²) >= 11 is 1.78. The van der Waals surface area contributed by atoms with Crippen LogP contribution in [-0.2, 0) is 6.42 Å². The molecule has 1 aromatic carbocycles. The average molecular weight is 259 g/mol. The summed E-state index contributed by atoms with van der Waals surface area (Å²) in [5.41, 5.74) is 0.704. The number of halogens is 2. The molecule has 0 fully saturated rings. The van der Waals surface area contributed by atoms with Crippen LogP contribution in [0.1, 0.15) is 12.5 Å². The minimum Gasteiger partial charge on any atom is -0.316 e. The number of hydrogen-bond donors (Lipinski definition) is 1. The Hall–Kier alpha value is -0.610. The molecule has 0 saturated heterocycles. The number of benzene rings is 1. The molecule has 0 bridgehead atoms.